The molecule has 96 valence electrons. The van der Waals surface area contributed by atoms with Crippen molar-refractivity contribution < 1.29 is 8.42 Å². The molecule has 6 heteroatoms. The van der Waals surface area contributed by atoms with Crippen LogP contribution in [0.4, 0.5) is 5.69 Å². The highest BCUT2D eigenvalue weighted by atomic mass is 35.5. The number of hydrogen-bond acceptors (Lipinski definition) is 3. The molecule has 1 aromatic rings. The van der Waals surface area contributed by atoms with Crippen molar-refractivity contribution in [3.8, 4) is 0 Å². The number of nitrogen functional groups attached to an aromatic ring is 1. The van der Waals surface area contributed by atoms with Gasteiger partial charge >= 0.3 is 0 Å². The van der Waals surface area contributed by atoms with Crippen molar-refractivity contribution in [1.29, 1.82) is 0 Å². The molecule has 0 atom stereocenters. The highest BCUT2D eigenvalue weighted by Crippen LogP contribution is 2.24. The standard InChI is InChI=1S/C11H17ClN2O2S/c1-4-11(2,3)14-17(15,16)10-7-8(12)5-6-9(10)13/h5-7,14H,4,13H2,1-3H3. The van der Waals surface area contributed by atoms with Gasteiger partial charge in [0.1, 0.15) is 4.90 Å². The average Bonchev–Trinajstić information content (AvgIpc) is 2.20. The van der Waals surface area contributed by atoms with Gasteiger partial charge in [0.05, 0.1) is 5.69 Å². The van der Waals surface area contributed by atoms with Gasteiger partial charge in [-0.15, -0.1) is 0 Å². The van der Waals surface area contributed by atoms with Crippen molar-refractivity contribution in [2.75, 3.05) is 5.73 Å². The lowest BCUT2D eigenvalue weighted by Crippen LogP contribution is -2.42. The second-order valence-electron chi connectivity index (χ2n) is 4.53. The van der Waals surface area contributed by atoms with Gasteiger partial charge in [-0.1, -0.05) is 18.5 Å². The molecule has 0 radical (unpaired) electrons. The van der Waals surface area contributed by atoms with Crippen molar-refractivity contribution in [3.63, 3.8) is 0 Å². The van der Waals surface area contributed by atoms with Gasteiger partial charge in [-0.2, -0.15) is 0 Å². The van der Waals surface area contributed by atoms with E-state index in [4.69, 9.17) is 17.3 Å². The summed E-state index contributed by atoms with van der Waals surface area (Å²) in [6, 6.07) is 4.39. The topological polar surface area (TPSA) is 72.2 Å². The zero-order valence-electron chi connectivity index (χ0n) is 10.1. The Kier molecular flexibility index (Phi) is 4.06. The smallest absolute Gasteiger partial charge is 0.243 e. The first-order valence-corrected chi connectivity index (χ1v) is 7.13. The van der Waals surface area contributed by atoms with E-state index in [2.05, 4.69) is 4.72 Å². The van der Waals surface area contributed by atoms with Crippen LogP contribution in [-0.2, 0) is 10.0 Å². The third-order valence-electron chi connectivity index (χ3n) is 2.56. The lowest BCUT2D eigenvalue weighted by molar-refractivity contribution is 0.439. The van der Waals surface area contributed by atoms with Crippen LogP contribution in [0.3, 0.4) is 0 Å². The number of nitrogens with two attached hydrogens (primary N) is 1. The first kappa shape index (κ1) is 14.3. The van der Waals surface area contributed by atoms with Crippen molar-refractivity contribution >= 4 is 27.3 Å². The SMILES string of the molecule is CCC(C)(C)NS(=O)(=O)c1cc(Cl)ccc1N. The molecule has 4 nitrogen and oxygen atoms in total. The summed E-state index contributed by atoms with van der Waals surface area (Å²) >= 11 is 5.78. The van der Waals surface area contributed by atoms with Gasteiger partial charge in [-0.3, -0.25) is 0 Å². The average molecular weight is 277 g/mol. The molecule has 1 aromatic carbocycles. The van der Waals surface area contributed by atoms with E-state index in [1.54, 1.807) is 6.07 Å². The van der Waals surface area contributed by atoms with E-state index in [0.29, 0.717) is 11.4 Å². The molecule has 0 amide bonds. The van der Waals surface area contributed by atoms with E-state index in [9.17, 15) is 8.42 Å². The van der Waals surface area contributed by atoms with Crippen LogP contribution in [0.15, 0.2) is 23.1 Å². The second kappa shape index (κ2) is 4.84. The normalized spacial score (nSPS) is 12.7. The van der Waals surface area contributed by atoms with Crippen LogP contribution in [0.25, 0.3) is 0 Å². The predicted molar refractivity (Wildman–Crippen MR) is 70.6 cm³/mol. The molecular formula is C11H17ClN2O2S. The molecule has 0 aliphatic carbocycles. The molecule has 0 unspecified atom stereocenters. The Morgan fingerprint density at radius 2 is 2.00 bits per heavy atom. The minimum Gasteiger partial charge on any atom is -0.398 e. The molecule has 0 bridgehead atoms. The zero-order chi connectivity index (χ0) is 13.3. The van der Waals surface area contributed by atoms with E-state index in [0.717, 1.165) is 0 Å². The van der Waals surface area contributed by atoms with Crippen molar-refractivity contribution in [3.05, 3.63) is 23.2 Å². The third kappa shape index (κ3) is 3.59. The highest BCUT2D eigenvalue weighted by Gasteiger charge is 2.26. The predicted octanol–water partition coefficient (Wildman–Crippen LogP) is 2.39. The Hall–Kier alpha value is -0.780. The van der Waals surface area contributed by atoms with Crippen LogP contribution in [-0.4, -0.2) is 14.0 Å². The molecule has 0 aliphatic heterocycles. The lowest BCUT2D eigenvalue weighted by Gasteiger charge is -2.24. The van der Waals surface area contributed by atoms with Crippen LogP contribution in [0, 0.1) is 0 Å². The Morgan fingerprint density at radius 1 is 1.41 bits per heavy atom. The first-order valence-electron chi connectivity index (χ1n) is 5.27. The molecule has 0 aliphatic rings. The van der Waals surface area contributed by atoms with Gasteiger partial charge < -0.3 is 5.73 Å². The van der Waals surface area contributed by atoms with Gasteiger partial charge in [-0.05, 0) is 38.5 Å². The van der Waals surface area contributed by atoms with Crippen molar-refractivity contribution in [2.45, 2.75) is 37.6 Å². The molecule has 0 saturated heterocycles. The van der Waals surface area contributed by atoms with E-state index in [-0.39, 0.29) is 10.6 Å². The second-order valence-corrected chi connectivity index (χ2v) is 6.61. The highest BCUT2D eigenvalue weighted by molar-refractivity contribution is 7.89. The molecule has 0 saturated carbocycles. The fraction of sp³-hybridized carbons (Fsp3) is 0.455. The van der Waals surface area contributed by atoms with E-state index in [1.165, 1.54) is 12.1 Å². The summed E-state index contributed by atoms with van der Waals surface area (Å²) in [7, 11) is -3.64. The zero-order valence-corrected chi connectivity index (χ0v) is 11.7. The van der Waals surface area contributed by atoms with E-state index >= 15 is 0 Å². The number of halogens is 1. The number of benzene rings is 1. The number of nitrogens with one attached hydrogen (secondary N) is 1. The van der Waals surface area contributed by atoms with Gasteiger partial charge in [0.15, 0.2) is 0 Å². The fourth-order valence-electron chi connectivity index (χ4n) is 1.23. The number of hydrogen-bond donors (Lipinski definition) is 2. The summed E-state index contributed by atoms with van der Waals surface area (Å²) in [6.45, 7) is 5.53. The molecule has 3 N–H and O–H groups in total. The van der Waals surface area contributed by atoms with Gasteiger partial charge in [0.25, 0.3) is 0 Å². The minimum absolute atomic E-state index is 0.0199. The van der Waals surface area contributed by atoms with Crippen LogP contribution >= 0.6 is 11.6 Å². The maximum atomic E-state index is 12.1. The molecule has 17 heavy (non-hydrogen) atoms. The molecule has 0 fully saturated rings. The molecule has 1 rings (SSSR count). The summed E-state index contributed by atoms with van der Waals surface area (Å²) in [4.78, 5) is 0.0199. The Labute approximate surface area is 107 Å². The minimum atomic E-state index is -3.64. The largest absolute Gasteiger partial charge is 0.398 e. The monoisotopic (exact) mass is 276 g/mol. The Bertz CT molecular complexity index is 512. The molecule has 0 aromatic heterocycles. The maximum absolute atomic E-state index is 12.1. The third-order valence-corrected chi connectivity index (χ3v) is 4.55. The van der Waals surface area contributed by atoms with Gasteiger partial charge in [0, 0.05) is 10.6 Å². The first-order chi connectivity index (χ1) is 7.68. The molecular weight excluding hydrogens is 260 g/mol. The summed E-state index contributed by atoms with van der Waals surface area (Å²) in [5, 5.41) is 0.342. The fourth-order valence-corrected chi connectivity index (χ4v) is 3.11. The maximum Gasteiger partial charge on any atom is 0.243 e. The molecule has 0 spiro atoms. The van der Waals surface area contributed by atoms with Gasteiger partial charge in [0.2, 0.25) is 10.0 Å². The molecule has 0 heterocycles. The summed E-state index contributed by atoms with van der Waals surface area (Å²) in [6.07, 6.45) is 0.673. The lowest BCUT2D eigenvalue weighted by atomic mass is 10.0. The Balaban J connectivity index is 3.18. The van der Waals surface area contributed by atoms with Crippen molar-refractivity contribution in [2.24, 2.45) is 0 Å². The summed E-state index contributed by atoms with van der Waals surface area (Å²) < 4.78 is 26.9. The number of sulfonamides is 1. The quantitative estimate of drug-likeness (QED) is 0.830. The van der Waals surface area contributed by atoms with Crippen LogP contribution in [0.1, 0.15) is 27.2 Å². The Morgan fingerprint density at radius 3 is 2.53 bits per heavy atom. The van der Waals surface area contributed by atoms with Crippen LogP contribution in [0.2, 0.25) is 5.02 Å². The van der Waals surface area contributed by atoms with E-state index < -0.39 is 15.6 Å². The van der Waals surface area contributed by atoms with Gasteiger partial charge in [-0.25, -0.2) is 13.1 Å². The summed E-state index contributed by atoms with van der Waals surface area (Å²) in [5.74, 6) is 0. The van der Waals surface area contributed by atoms with Crippen LogP contribution < -0.4 is 10.5 Å². The van der Waals surface area contributed by atoms with Crippen LogP contribution in [0.5, 0.6) is 0 Å². The van der Waals surface area contributed by atoms with Crippen molar-refractivity contribution in [1.82, 2.24) is 4.72 Å². The summed E-state index contributed by atoms with van der Waals surface area (Å²) in [5.41, 5.74) is 5.33. The number of rotatable bonds is 4. The number of anilines is 1. The van der Waals surface area contributed by atoms with E-state index in [1.807, 2.05) is 20.8 Å².